The Morgan fingerprint density at radius 1 is 1.05 bits per heavy atom. The van der Waals surface area contributed by atoms with Gasteiger partial charge in [0.25, 0.3) is 17.5 Å². The Balaban J connectivity index is 1.68. The first kappa shape index (κ1) is 24.3. The number of para-hydroxylation sites is 2. The molecule has 198 valence electrons. The number of likely N-dealkylation sites (N-methyl/N-ethyl adjacent to an activating group) is 1. The summed E-state index contributed by atoms with van der Waals surface area (Å²) in [6.07, 6.45) is -3.99. The first-order valence-corrected chi connectivity index (χ1v) is 12.3. The van der Waals surface area contributed by atoms with Crippen LogP contribution in [-0.4, -0.2) is 79.8 Å². The Bertz CT molecular complexity index is 1500. The van der Waals surface area contributed by atoms with Gasteiger partial charge in [0, 0.05) is 29.8 Å². The third-order valence-corrected chi connectivity index (χ3v) is 7.60. The number of anilines is 1. The van der Waals surface area contributed by atoms with Crippen molar-refractivity contribution in [2.75, 3.05) is 12.4 Å². The molecule has 2 amide bonds. The molecule has 11 heteroatoms. The van der Waals surface area contributed by atoms with Gasteiger partial charge in [-0.3, -0.25) is 14.5 Å². The van der Waals surface area contributed by atoms with E-state index in [9.17, 15) is 24.6 Å². The highest BCUT2D eigenvalue weighted by Crippen LogP contribution is 2.60. The van der Waals surface area contributed by atoms with Crippen LogP contribution in [0.5, 0.6) is 0 Å². The molecule has 2 fully saturated rings. The molecule has 6 rings (SSSR count). The minimum Gasteiger partial charge on any atom is -0.429 e. The van der Waals surface area contributed by atoms with Gasteiger partial charge in [0.1, 0.15) is 17.2 Å². The van der Waals surface area contributed by atoms with Crippen molar-refractivity contribution in [1.29, 1.82) is 0 Å². The van der Waals surface area contributed by atoms with Gasteiger partial charge in [-0.25, -0.2) is 4.79 Å². The van der Waals surface area contributed by atoms with E-state index < -0.39 is 53.2 Å². The van der Waals surface area contributed by atoms with Gasteiger partial charge in [-0.15, -0.1) is 0 Å². The standard InChI is InChI=1S/C27H28N4O7/c1-25(2,3)38-24(35)37-21-26(16-13-28-17-11-7-5-9-14(16)17)15-10-6-8-12-18(15)29-22(26)31-20(33)19(32)30(4)23(34)27(21,31)36/h5-13,19,21-22,28-29,32,36H,1-4H3/t19-,21+,22-,26-,27+/m1/s1. The lowest BCUT2D eigenvalue weighted by molar-refractivity contribution is -0.221. The number of nitrogens with one attached hydrogen (secondary N) is 2. The molecule has 3 aliphatic rings. The number of H-pyrrole nitrogens is 1. The average molecular weight is 521 g/mol. The third kappa shape index (κ3) is 2.94. The molecule has 0 unspecified atom stereocenters. The van der Waals surface area contributed by atoms with Crippen LogP contribution >= 0.6 is 0 Å². The monoisotopic (exact) mass is 520 g/mol. The molecule has 5 atom stereocenters. The molecule has 0 radical (unpaired) electrons. The van der Waals surface area contributed by atoms with Crippen molar-refractivity contribution in [2.45, 2.75) is 56.0 Å². The molecule has 2 aromatic carbocycles. The summed E-state index contributed by atoms with van der Waals surface area (Å²) in [6, 6.07) is 14.6. The molecule has 4 heterocycles. The molecule has 38 heavy (non-hydrogen) atoms. The van der Waals surface area contributed by atoms with Crippen molar-refractivity contribution < 1.29 is 34.1 Å². The van der Waals surface area contributed by atoms with Crippen molar-refractivity contribution >= 4 is 34.6 Å². The lowest BCUT2D eigenvalue weighted by Crippen LogP contribution is -2.73. The van der Waals surface area contributed by atoms with E-state index in [1.165, 1.54) is 7.05 Å². The molecular weight excluding hydrogens is 492 g/mol. The summed E-state index contributed by atoms with van der Waals surface area (Å²) in [4.78, 5) is 45.4. The molecule has 0 aliphatic carbocycles. The van der Waals surface area contributed by atoms with Crippen LogP contribution in [0, 0.1) is 0 Å². The zero-order valence-electron chi connectivity index (χ0n) is 21.3. The number of nitrogens with zero attached hydrogens (tertiary/aromatic N) is 2. The molecule has 2 saturated heterocycles. The minimum absolute atomic E-state index is 0.588. The van der Waals surface area contributed by atoms with E-state index in [2.05, 4.69) is 10.3 Å². The fraction of sp³-hybridized carbons (Fsp3) is 0.370. The van der Waals surface area contributed by atoms with Gasteiger partial charge in [0.2, 0.25) is 6.23 Å². The van der Waals surface area contributed by atoms with Gasteiger partial charge in [-0.05, 0) is 44.0 Å². The van der Waals surface area contributed by atoms with Gasteiger partial charge in [-0.1, -0.05) is 36.4 Å². The lowest BCUT2D eigenvalue weighted by atomic mass is 9.69. The number of aromatic nitrogens is 1. The van der Waals surface area contributed by atoms with E-state index in [1.807, 2.05) is 24.3 Å². The van der Waals surface area contributed by atoms with E-state index in [4.69, 9.17) is 9.47 Å². The third-order valence-electron chi connectivity index (χ3n) is 7.60. The number of aliphatic hydroxyl groups excluding tert-OH is 1. The molecule has 0 saturated carbocycles. The Kier molecular flexibility index (Phi) is 4.92. The first-order chi connectivity index (χ1) is 17.9. The summed E-state index contributed by atoms with van der Waals surface area (Å²) < 4.78 is 11.4. The number of carbonyl (C=O) groups is 3. The topological polar surface area (TPSA) is 144 Å². The minimum atomic E-state index is -2.66. The number of aliphatic hydroxyl groups is 2. The molecule has 0 spiro atoms. The smallest absolute Gasteiger partial charge is 0.429 e. The van der Waals surface area contributed by atoms with Crippen LogP contribution in [0.25, 0.3) is 10.9 Å². The quantitative estimate of drug-likeness (QED) is 0.375. The Labute approximate surface area is 217 Å². The predicted octanol–water partition coefficient (Wildman–Crippen LogP) is 1.85. The van der Waals surface area contributed by atoms with Crippen molar-refractivity contribution in [3.8, 4) is 0 Å². The number of benzene rings is 2. The molecular formula is C27H28N4O7. The van der Waals surface area contributed by atoms with Crippen LogP contribution in [-0.2, 0) is 24.5 Å². The largest absolute Gasteiger partial charge is 0.509 e. The number of fused-ring (bicyclic) bond motifs is 6. The number of aromatic amines is 1. The van der Waals surface area contributed by atoms with Crippen LogP contribution in [0.1, 0.15) is 31.9 Å². The zero-order chi connectivity index (χ0) is 27.2. The Morgan fingerprint density at radius 3 is 2.47 bits per heavy atom. The van der Waals surface area contributed by atoms with E-state index in [0.717, 1.165) is 20.7 Å². The van der Waals surface area contributed by atoms with Crippen LogP contribution < -0.4 is 5.32 Å². The van der Waals surface area contributed by atoms with Crippen LogP contribution in [0.4, 0.5) is 10.5 Å². The van der Waals surface area contributed by atoms with Gasteiger partial charge in [-0.2, -0.15) is 0 Å². The molecule has 11 nitrogen and oxygen atoms in total. The molecule has 0 bridgehead atoms. The van der Waals surface area contributed by atoms with Crippen LogP contribution in [0.3, 0.4) is 0 Å². The van der Waals surface area contributed by atoms with Crippen LogP contribution in [0.2, 0.25) is 0 Å². The second kappa shape index (κ2) is 7.71. The van der Waals surface area contributed by atoms with E-state index in [1.54, 1.807) is 51.2 Å². The summed E-state index contributed by atoms with van der Waals surface area (Å²) in [7, 11) is 1.21. The highest BCUT2D eigenvalue weighted by Gasteiger charge is 2.79. The zero-order valence-corrected chi connectivity index (χ0v) is 21.3. The number of carbonyl (C=O) groups excluding carboxylic acids is 3. The highest BCUT2D eigenvalue weighted by atomic mass is 16.7. The van der Waals surface area contributed by atoms with Crippen LogP contribution in [0.15, 0.2) is 54.7 Å². The predicted molar refractivity (Wildman–Crippen MR) is 135 cm³/mol. The summed E-state index contributed by atoms with van der Waals surface area (Å²) >= 11 is 0. The fourth-order valence-electron chi connectivity index (χ4n) is 6.14. The van der Waals surface area contributed by atoms with Gasteiger partial charge in [0.05, 0.1) is 0 Å². The van der Waals surface area contributed by atoms with Crippen molar-refractivity contribution in [1.82, 2.24) is 14.8 Å². The number of amides is 2. The Morgan fingerprint density at radius 2 is 1.74 bits per heavy atom. The maximum atomic E-state index is 13.7. The summed E-state index contributed by atoms with van der Waals surface area (Å²) in [5.41, 5.74) is -2.49. The normalized spacial score (nSPS) is 30.1. The van der Waals surface area contributed by atoms with E-state index >= 15 is 0 Å². The molecule has 4 N–H and O–H groups in total. The maximum absolute atomic E-state index is 13.7. The number of hydrogen-bond donors (Lipinski definition) is 4. The van der Waals surface area contributed by atoms with Gasteiger partial charge in [0.15, 0.2) is 6.10 Å². The average Bonchev–Trinajstić information content (AvgIpc) is 3.49. The number of ether oxygens (including phenoxy) is 2. The lowest BCUT2D eigenvalue weighted by Gasteiger charge is -2.45. The van der Waals surface area contributed by atoms with Crippen molar-refractivity contribution in [3.63, 3.8) is 0 Å². The van der Waals surface area contributed by atoms with Gasteiger partial charge >= 0.3 is 6.16 Å². The van der Waals surface area contributed by atoms with E-state index in [0.29, 0.717) is 16.8 Å². The number of rotatable bonds is 2. The van der Waals surface area contributed by atoms with Gasteiger partial charge < -0.3 is 34.9 Å². The second-order valence-electron chi connectivity index (χ2n) is 10.9. The summed E-state index contributed by atoms with van der Waals surface area (Å²) in [6.45, 7) is 4.98. The number of piperazine rings is 1. The molecule has 3 aromatic rings. The summed E-state index contributed by atoms with van der Waals surface area (Å²) in [5.74, 6) is -1.91. The molecule has 1 aromatic heterocycles. The second-order valence-corrected chi connectivity index (χ2v) is 10.9. The SMILES string of the molecule is CN1C(=O)[C@@]2(O)[C@@H](OC(=O)OC(C)(C)C)[C@]3(c4c[nH]c5ccccc45)c4ccccc4N[C@@H]3N2C(=O)[C@H]1O. The first-order valence-electron chi connectivity index (χ1n) is 12.3. The van der Waals surface area contributed by atoms with Crippen molar-refractivity contribution in [3.05, 3.63) is 65.9 Å². The Hall–Kier alpha value is -4.09. The number of hydrogen-bond acceptors (Lipinski definition) is 8. The van der Waals surface area contributed by atoms with E-state index in [-0.39, 0.29) is 0 Å². The molecule has 3 aliphatic heterocycles. The summed E-state index contributed by atoms with van der Waals surface area (Å²) in [5, 5.41) is 26.9. The maximum Gasteiger partial charge on any atom is 0.509 e. The highest BCUT2D eigenvalue weighted by molar-refractivity contribution is 6.01. The fourth-order valence-corrected chi connectivity index (χ4v) is 6.14. The van der Waals surface area contributed by atoms with Crippen molar-refractivity contribution in [2.24, 2.45) is 0 Å².